The highest BCUT2D eigenvalue weighted by Gasteiger charge is 2.43. The molecule has 218 valence electrons. The molecule has 8 heteroatoms. The zero-order valence-corrected chi connectivity index (χ0v) is 25.1. The first-order valence-corrected chi connectivity index (χ1v) is 13.9. The Morgan fingerprint density at radius 1 is 0.650 bits per heavy atom. The average Bonchev–Trinajstić information content (AvgIpc) is 2.78. The van der Waals surface area contributed by atoms with E-state index in [1.54, 1.807) is 13.0 Å². The molecule has 0 fully saturated rings. The molecule has 3 rings (SSSR count). The largest absolute Gasteiger partial charge is 0.416 e. The lowest BCUT2D eigenvalue weighted by atomic mass is 9.83. The number of benzene rings is 3. The number of hydrogen-bond acceptors (Lipinski definition) is 0. The zero-order chi connectivity index (χ0) is 30.3. The van der Waals surface area contributed by atoms with Crippen LogP contribution in [0.15, 0.2) is 36.4 Å². The van der Waals surface area contributed by atoms with E-state index in [9.17, 15) is 26.3 Å². The number of aryl methyl sites for hydroxylation is 3. The number of hydrogen-bond donors (Lipinski definition) is 0. The summed E-state index contributed by atoms with van der Waals surface area (Å²) in [6.45, 7) is 12.6. The Morgan fingerprint density at radius 2 is 1.15 bits per heavy atom. The van der Waals surface area contributed by atoms with Gasteiger partial charge in [-0.3, -0.25) is 0 Å². The smallest absolute Gasteiger partial charge is 0.166 e. The van der Waals surface area contributed by atoms with Crippen LogP contribution in [0.25, 0.3) is 0 Å². The Morgan fingerprint density at radius 3 is 1.65 bits per heavy atom. The minimum absolute atomic E-state index is 0.114. The fraction of sp³-hybridized carbons (Fsp3) is 0.438. The third-order valence-electron chi connectivity index (χ3n) is 7.48. The Bertz CT molecular complexity index is 1360. The van der Waals surface area contributed by atoms with Gasteiger partial charge in [0.15, 0.2) is 0 Å². The SMILES string of the molecule is Cc1cc(C)c(C(C)Cc2ccc(Cl)c(C(C)Cc3ccc(C(F)(F)F)c(C(C)C)c3C(F)(F)F)c2Cl)c(C)c1. The molecule has 0 nitrogen and oxygen atoms in total. The molecule has 2 atom stereocenters. The van der Waals surface area contributed by atoms with Gasteiger partial charge in [0.2, 0.25) is 0 Å². The molecule has 0 aliphatic heterocycles. The minimum atomic E-state index is -4.97. The van der Waals surface area contributed by atoms with Crippen molar-refractivity contribution in [3.05, 3.63) is 102 Å². The molecular formula is C32H34Cl2F6. The van der Waals surface area contributed by atoms with Gasteiger partial charge in [0.05, 0.1) is 11.1 Å². The minimum Gasteiger partial charge on any atom is -0.166 e. The summed E-state index contributed by atoms with van der Waals surface area (Å²) in [6, 6.07) is 9.46. The summed E-state index contributed by atoms with van der Waals surface area (Å²) in [5.74, 6) is -1.46. The van der Waals surface area contributed by atoms with Gasteiger partial charge in [-0.15, -0.1) is 0 Å². The van der Waals surface area contributed by atoms with Crippen molar-refractivity contribution in [1.29, 1.82) is 0 Å². The highest BCUT2D eigenvalue weighted by molar-refractivity contribution is 6.36. The summed E-state index contributed by atoms with van der Waals surface area (Å²) in [5.41, 5.74) is 2.59. The van der Waals surface area contributed by atoms with Gasteiger partial charge in [-0.25, -0.2) is 0 Å². The zero-order valence-electron chi connectivity index (χ0n) is 23.6. The van der Waals surface area contributed by atoms with Crippen LogP contribution in [-0.4, -0.2) is 0 Å². The Labute approximate surface area is 242 Å². The van der Waals surface area contributed by atoms with E-state index in [0.29, 0.717) is 22.0 Å². The summed E-state index contributed by atoms with van der Waals surface area (Å²) in [7, 11) is 0. The van der Waals surface area contributed by atoms with E-state index in [2.05, 4.69) is 32.9 Å². The molecule has 3 aromatic carbocycles. The van der Waals surface area contributed by atoms with Crippen molar-refractivity contribution in [2.75, 3.05) is 0 Å². The molecule has 0 spiro atoms. The van der Waals surface area contributed by atoms with Crippen molar-refractivity contribution in [1.82, 2.24) is 0 Å². The summed E-state index contributed by atoms with van der Waals surface area (Å²) in [4.78, 5) is 0. The summed E-state index contributed by atoms with van der Waals surface area (Å²) in [6.07, 6.45) is -9.46. The first-order valence-electron chi connectivity index (χ1n) is 13.2. The molecule has 0 aromatic heterocycles. The van der Waals surface area contributed by atoms with Crippen LogP contribution in [0.4, 0.5) is 26.3 Å². The monoisotopic (exact) mass is 602 g/mol. The van der Waals surface area contributed by atoms with E-state index in [0.717, 1.165) is 17.7 Å². The van der Waals surface area contributed by atoms with Crippen LogP contribution >= 0.6 is 23.2 Å². The van der Waals surface area contributed by atoms with Gasteiger partial charge in [-0.1, -0.05) is 80.7 Å². The second-order valence-corrected chi connectivity index (χ2v) is 12.0. The molecule has 0 aliphatic carbocycles. The molecule has 40 heavy (non-hydrogen) atoms. The van der Waals surface area contributed by atoms with Crippen LogP contribution in [0.3, 0.4) is 0 Å². The molecule has 3 aromatic rings. The molecule has 0 radical (unpaired) electrons. The number of rotatable bonds is 7. The number of alkyl halides is 6. The van der Waals surface area contributed by atoms with Crippen molar-refractivity contribution in [3.8, 4) is 0 Å². The maximum Gasteiger partial charge on any atom is 0.416 e. The topological polar surface area (TPSA) is 0 Å². The molecule has 0 bridgehead atoms. The second-order valence-electron chi connectivity index (χ2n) is 11.2. The third kappa shape index (κ3) is 6.82. The van der Waals surface area contributed by atoms with E-state index >= 15 is 0 Å². The van der Waals surface area contributed by atoms with Gasteiger partial charge in [0.25, 0.3) is 0 Å². The third-order valence-corrected chi connectivity index (χ3v) is 8.26. The van der Waals surface area contributed by atoms with Crippen LogP contribution in [-0.2, 0) is 25.2 Å². The van der Waals surface area contributed by atoms with E-state index in [1.807, 2.05) is 13.0 Å². The van der Waals surface area contributed by atoms with Crippen LogP contribution < -0.4 is 0 Å². The van der Waals surface area contributed by atoms with Crippen molar-refractivity contribution in [3.63, 3.8) is 0 Å². The molecule has 0 N–H and O–H groups in total. The van der Waals surface area contributed by atoms with Crippen LogP contribution in [0.5, 0.6) is 0 Å². The first-order chi connectivity index (χ1) is 18.3. The van der Waals surface area contributed by atoms with Gasteiger partial charge in [0, 0.05) is 10.0 Å². The molecule has 0 saturated carbocycles. The summed E-state index contributed by atoms with van der Waals surface area (Å²) in [5, 5.41) is 0.681. The van der Waals surface area contributed by atoms with Gasteiger partial charge < -0.3 is 0 Å². The summed E-state index contributed by atoms with van der Waals surface area (Å²) < 4.78 is 83.9. The van der Waals surface area contributed by atoms with Crippen LogP contribution in [0, 0.1) is 20.8 Å². The summed E-state index contributed by atoms with van der Waals surface area (Å²) >= 11 is 13.4. The Balaban J connectivity index is 2.05. The molecule has 0 saturated heterocycles. The maximum absolute atomic E-state index is 14.3. The lowest BCUT2D eigenvalue weighted by Gasteiger charge is -2.26. The van der Waals surface area contributed by atoms with Crippen LogP contribution in [0.1, 0.15) is 101 Å². The Hall–Kier alpha value is -2.18. The highest BCUT2D eigenvalue weighted by Crippen LogP contribution is 2.46. The maximum atomic E-state index is 14.3. The predicted octanol–water partition coefficient (Wildman–Crippen LogP) is 11.8. The molecule has 0 aliphatic rings. The number of halogens is 8. The molecule has 2 unspecified atom stereocenters. The Kier molecular flexibility index (Phi) is 9.68. The van der Waals surface area contributed by atoms with E-state index in [4.69, 9.17) is 23.2 Å². The fourth-order valence-corrected chi connectivity index (χ4v) is 6.89. The van der Waals surface area contributed by atoms with Crippen LogP contribution in [0.2, 0.25) is 10.0 Å². The van der Waals surface area contributed by atoms with Gasteiger partial charge in [0.1, 0.15) is 0 Å². The molecular weight excluding hydrogens is 569 g/mol. The predicted molar refractivity (Wildman–Crippen MR) is 152 cm³/mol. The normalized spacial score (nSPS) is 14.1. The van der Waals surface area contributed by atoms with Crippen molar-refractivity contribution in [2.24, 2.45) is 0 Å². The van der Waals surface area contributed by atoms with E-state index in [-0.39, 0.29) is 17.9 Å². The van der Waals surface area contributed by atoms with Crippen molar-refractivity contribution >= 4 is 23.2 Å². The van der Waals surface area contributed by atoms with Gasteiger partial charge >= 0.3 is 12.4 Å². The van der Waals surface area contributed by atoms with E-state index in [1.165, 1.54) is 36.1 Å². The lowest BCUT2D eigenvalue weighted by Crippen LogP contribution is -2.20. The molecule has 0 heterocycles. The quantitative estimate of drug-likeness (QED) is 0.236. The highest BCUT2D eigenvalue weighted by atomic mass is 35.5. The van der Waals surface area contributed by atoms with Gasteiger partial charge in [-0.05, 0) is 102 Å². The molecule has 0 amide bonds. The first kappa shape index (κ1) is 32.3. The van der Waals surface area contributed by atoms with Gasteiger partial charge in [-0.2, -0.15) is 26.3 Å². The lowest BCUT2D eigenvalue weighted by molar-refractivity contribution is -0.144. The second kappa shape index (κ2) is 12.0. The van der Waals surface area contributed by atoms with Crippen molar-refractivity contribution in [2.45, 2.75) is 91.4 Å². The fourth-order valence-electron chi connectivity index (χ4n) is 6.07. The average molecular weight is 604 g/mol. The van der Waals surface area contributed by atoms with Crippen molar-refractivity contribution < 1.29 is 26.3 Å². The standard InChI is InChI=1S/C32H34Cl2F6/c1-16(2)26-24(31(35,36)37)10-8-22(29(26)32(38,39)40)14-21(7)28-25(33)11-9-23(30(28)34)15-20(6)27-18(4)12-17(3)13-19(27)5/h8-13,16,20-21H,14-15H2,1-7H3. The van der Waals surface area contributed by atoms with E-state index < -0.39 is 40.9 Å².